The van der Waals surface area contributed by atoms with Gasteiger partial charge in [-0.2, -0.15) is 0 Å². The maximum Gasteiger partial charge on any atom is 0.253 e. The van der Waals surface area contributed by atoms with Crippen molar-refractivity contribution in [2.24, 2.45) is 5.92 Å². The molecule has 0 spiro atoms. The minimum Gasteiger partial charge on any atom is -0.497 e. The fourth-order valence-electron chi connectivity index (χ4n) is 3.08. The molecule has 148 valence electrons. The van der Waals surface area contributed by atoms with E-state index in [1.165, 1.54) is 6.42 Å². The number of piperidine rings is 1. The summed E-state index contributed by atoms with van der Waals surface area (Å²) in [4.78, 5) is 12.6. The summed E-state index contributed by atoms with van der Waals surface area (Å²) in [6, 6.07) is 15.2. The molecule has 1 atom stereocenters. The zero-order valence-electron chi connectivity index (χ0n) is 15.4. The Morgan fingerprint density at radius 1 is 1.19 bits per heavy atom. The zero-order chi connectivity index (χ0) is 17.5. The van der Waals surface area contributed by atoms with Crippen LogP contribution in [0, 0.1) is 5.92 Å². The molecular weight excluding hydrogens is 385 g/mol. The van der Waals surface area contributed by atoms with E-state index in [2.05, 4.69) is 16.0 Å². The Balaban J connectivity index is 0.00000182. The van der Waals surface area contributed by atoms with Crippen LogP contribution in [0.1, 0.15) is 23.2 Å². The summed E-state index contributed by atoms with van der Waals surface area (Å²) in [6.45, 7) is 2.76. The largest absolute Gasteiger partial charge is 0.497 e. The predicted octanol–water partition coefficient (Wildman–Crippen LogP) is 4.01. The third-order valence-corrected chi connectivity index (χ3v) is 4.47. The maximum atomic E-state index is 12.6. The molecule has 1 amide bonds. The van der Waals surface area contributed by atoms with Gasteiger partial charge in [-0.1, -0.05) is 18.2 Å². The number of ether oxygens (including phenoxy) is 1. The van der Waals surface area contributed by atoms with Crippen molar-refractivity contribution >= 4 is 42.1 Å². The number of hydrogen-bond donors (Lipinski definition) is 3. The molecule has 3 N–H and O–H groups in total. The number of rotatable bonds is 6. The van der Waals surface area contributed by atoms with Gasteiger partial charge >= 0.3 is 0 Å². The molecule has 1 aliphatic rings. The molecule has 1 aliphatic heterocycles. The van der Waals surface area contributed by atoms with Crippen LogP contribution in [0.2, 0.25) is 0 Å². The van der Waals surface area contributed by atoms with Crippen LogP contribution in [-0.2, 0) is 0 Å². The molecule has 2 aromatic rings. The van der Waals surface area contributed by atoms with Crippen LogP contribution >= 0.6 is 24.8 Å². The lowest BCUT2D eigenvalue weighted by Gasteiger charge is -2.23. The quantitative estimate of drug-likeness (QED) is 0.671. The number of hydrogen-bond acceptors (Lipinski definition) is 4. The third-order valence-electron chi connectivity index (χ3n) is 4.47. The first-order valence-electron chi connectivity index (χ1n) is 8.75. The van der Waals surface area contributed by atoms with Gasteiger partial charge in [-0.3, -0.25) is 4.79 Å². The Labute approximate surface area is 173 Å². The number of benzene rings is 2. The van der Waals surface area contributed by atoms with Gasteiger partial charge in [0.05, 0.1) is 18.4 Å². The van der Waals surface area contributed by atoms with Gasteiger partial charge in [0, 0.05) is 18.3 Å². The van der Waals surface area contributed by atoms with Crippen molar-refractivity contribution in [3.8, 4) is 5.75 Å². The van der Waals surface area contributed by atoms with E-state index in [1.807, 2.05) is 48.5 Å². The average molecular weight is 412 g/mol. The number of halogens is 2. The molecule has 27 heavy (non-hydrogen) atoms. The molecule has 0 saturated carbocycles. The SMILES string of the molecule is COc1cccc(Nc2ccccc2C(=O)NCC2CCCNC2)c1.Cl.Cl. The lowest BCUT2D eigenvalue weighted by Crippen LogP contribution is -2.38. The molecule has 5 nitrogen and oxygen atoms in total. The standard InChI is InChI=1S/C20H25N3O2.2ClH/c1-25-17-8-4-7-16(12-17)23-19-10-3-2-9-18(19)20(24)22-14-15-6-5-11-21-13-15;;/h2-4,7-10,12,15,21,23H,5-6,11,13-14H2,1H3,(H,22,24);2*1H. The smallest absolute Gasteiger partial charge is 0.253 e. The molecular formula is C20H27Cl2N3O2. The summed E-state index contributed by atoms with van der Waals surface area (Å²) in [6.07, 6.45) is 2.34. The highest BCUT2D eigenvalue weighted by Crippen LogP contribution is 2.24. The van der Waals surface area contributed by atoms with Crippen LogP contribution in [0.25, 0.3) is 0 Å². The summed E-state index contributed by atoms with van der Waals surface area (Å²) in [7, 11) is 1.64. The highest BCUT2D eigenvalue weighted by atomic mass is 35.5. The second kappa shape index (κ2) is 11.7. The van der Waals surface area contributed by atoms with Gasteiger partial charge in [0.2, 0.25) is 0 Å². The van der Waals surface area contributed by atoms with Crippen LogP contribution in [-0.4, -0.2) is 32.7 Å². The van der Waals surface area contributed by atoms with E-state index >= 15 is 0 Å². The second-order valence-corrected chi connectivity index (χ2v) is 6.32. The van der Waals surface area contributed by atoms with Crippen molar-refractivity contribution in [1.82, 2.24) is 10.6 Å². The first-order chi connectivity index (χ1) is 12.3. The molecule has 0 bridgehead atoms. The normalized spacial score (nSPS) is 15.7. The summed E-state index contributed by atoms with van der Waals surface area (Å²) < 4.78 is 5.25. The van der Waals surface area contributed by atoms with Crippen LogP contribution in [0.5, 0.6) is 5.75 Å². The van der Waals surface area contributed by atoms with E-state index < -0.39 is 0 Å². The van der Waals surface area contributed by atoms with E-state index in [1.54, 1.807) is 7.11 Å². The average Bonchev–Trinajstić information content (AvgIpc) is 2.67. The van der Waals surface area contributed by atoms with E-state index in [9.17, 15) is 4.79 Å². The van der Waals surface area contributed by atoms with Crippen LogP contribution < -0.4 is 20.7 Å². The van der Waals surface area contributed by atoms with Crippen molar-refractivity contribution in [1.29, 1.82) is 0 Å². The predicted molar refractivity (Wildman–Crippen MR) is 115 cm³/mol. The van der Waals surface area contributed by atoms with Gasteiger partial charge in [0.25, 0.3) is 5.91 Å². The number of carbonyl (C=O) groups excluding carboxylic acids is 1. The molecule has 1 fully saturated rings. The lowest BCUT2D eigenvalue weighted by molar-refractivity contribution is 0.0945. The first-order valence-corrected chi connectivity index (χ1v) is 8.75. The number of amides is 1. The molecule has 0 aromatic heterocycles. The molecule has 2 aromatic carbocycles. The summed E-state index contributed by atoms with van der Waals surface area (Å²) in [5, 5.41) is 9.76. The van der Waals surface area contributed by atoms with E-state index in [-0.39, 0.29) is 30.7 Å². The van der Waals surface area contributed by atoms with Crippen molar-refractivity contribution in [2.75, 3.05) is 32.1 Å². The highest BCUT2D eigenvalue weighted by Gasteiger charge is 2.16. The van der Waals surface area contributed by atoms with E-state index in [4.69, 9.17) is 4.74 Å². The molecule has 1 heterocycles. The summed E-state index contributed by atoms with van der Waals surface area (Å²) in [5.74, 6) is 1.24. The first kappa shape index (κ1) is 23.1. The number of carbonyl (C=O) groups is 1. The molecule has 7 heteroatoms. The summed E-state index contributed by atoms with van der Waals surface area (Å²) >= 11 is 0. The maximum absolute atomic E-state index is 12.6. The Hall–Kier alpha value is -1.95. The fraction of sp³-hybridized carbons (Fsp3) is 0.350. The Morgan fingerprint density at radius 3 is 2.74 bits per heavy atom. The van der Waals surface area contributed by atoms with Crippen LogP contribution in [0.3, 0.4) is 0 Å². The molecule has 0 radical (unpaired) electrons. The Bertz CT molecular complexity index is 722. The Kier molecular flexibility index (Phi) is 10.0. The number of para-hydroxylation sites is 1. The van der Waals surface area contributed by atoms with Gasteiger partial charge in [-0.15, -0.1) is 24.8 Å². The van der Waals surface area contributed by atoms with Crippen LogP contribution in [0.4, 0.5) is 11.4 Å². The van der Waals surface area contributed by atoms with Crippen molar-refractivity contribution in [3.63, 3.8) is 0 Å². The second-order valence-electron chi connectivity index (χ2n) is 6.32. The Morgan fingerprint density at radius 2 is 2.00 bits per heavy atom. The molecule has 1 unspecified atom stereocenters. The minimum absolute atomic E-state index is 0. The molecule has 0 aliphatic carbocycles. The zero-order valence-corrected chi connectivity index (χ0v) is 17.0. The summed E-state index contributed by atoms with van der Waals surface area (Å²) in [5.41, 5.74) is 2.32. The molecule has 3 rings (SSSR count). The van der Waals surface area contributed by atoms with E-state index in [0.29, 0.717) is 18.0 Å². The molecule has 1 saturated heterocycles. The monoisotopic (exact) mass is 411 g/mol. The van der Waals surface area contributed by atoms with Gasteiger partial charge in [0.15, 0.2) is 0 Å². The third kappa shape index (κ3) is 6.61. The minimum atomic E-state index is -0.0448. The fourth-order valence-corrected chi connectivity index (χ4v) is 3.08. The highest BCUT2D eigenvalue weighted by molar-refractivity contribution is 6.00. The van der Waals surface area contributed by atoms with Gasteiger partial charge < -0.3 is 20.7 Å². The van der Waals surface area contributed by atoms with Crippen molar-refractivity contribution in [2.45, 2.75) is 12.8 Å². The van der Waals surface area contributed by atoms with Gasteiger partial charge in [0.1, 0.15) is 5.75 Å². The van der Waals surface area contributed by atoms with Crippen molar-refractivity contribution < 1.29 is 9.53 Å². The van der Waals surface area contributed by atoms with Gasteiger partial charge in [-0.25, -0.2) is 0 Å². The number of methoxy groups -OCH3 is 1. The lowest BCUT2D eigenvalue weighted by atomic mass is 9.99. The van der Waals surface area contributed by atoms with Crippen LogP contribution in [0.15, 0.2) is 48.5 Å². The van der Waals surface area contributed by atoms with E-state index in [0.717, 1.165) is 36.6 Å². The number of nitrogens with one attached hydrogen (secondary N) is 3. The topological polar surface area (TPSA) is 62.4 Å². The number of anilines is 2. The van der Waals surface area contributed by atoms with Gasteiger partial charge in [-0.05, 0) is 56.1 Å². The van der Waals surface area contributed by atoms with Crippen molar-refractivity contribution in [3.05, 3.63) is 54.1 Å².